The van der Waals surface area contributed by atoms with Gasteiger partial charge in [0.1, 0.15) is 0 Å². The zero-order chi connectivity index (χ0) is 24.7. The number of hydrogen-bond acceptors (Lipinski definition) is 4. The van der Waals surface area contributed by atoms with Crippen molar-refractivity contribution in [3.63, 3.8) is 0 Å². The summed E-state index contributed by atoms with van der Waals surface area (Å²) in [7, 11) is 0. The van der Waals surface area contributed by atoms with Gasteiger partial charge in [-0.15, -0.1) is 0 Å². The molecule has 0 aromatic heterocycles. The van der Waals surface area contributed by atoms with Gasteiger partial charge in [0.15, 0.2) is 0 Å². The fourth-order valence-electron chi connectivity index (χ4n) is 4.99. The normalized spacial score (nSPS) is 23.3. The van der Waals surface area contributed by atoms with E-state index in [9.17, 15) is 4.79 Å². The Morgan fingerprint density at radius 3 is 2.21 bits per heavy atom. The third-order valence-corrected chi connectivity index (χ3v) is 22.5. The Bertz CT molecular complexity index is 686. The summed E-state index contributed by atoms with van der Waals surface area (Å²) in [6, 6.07) is 9.99. The molecule has 192 valence electrons. The minimum atomic E-state index is -2.21. The van der Waals surface area contributed by atoms with Crippen molar-refractivity contribution in [2.45, 2.75) is 115 Å². The molecule has 1 aromatic rings. The molecule has 5 heteroatoms. The summed E-state index contributed by atoms with van der Waals surface area (Å²) in [4.78, 5) is 11.1. The summed E-state index contributed by atoms with van der Waals surface area (Å²) < 4.78 is 24.5. The van der Waals surface area contributed by atoms with Gasteiger partial charge in [0.25, 0.3) is 0 Å². The Kier molecular flexibility index (Phi) is 13.8. The molecule has 1 aliphatic rings. The first-order valence-corrected chi connectivity index (χ1v) is 21.7. The Morgan fingerprint density at radius 1 is 1.03 bits per heavy atom. The van der Waals surface area contributed by atoms with Gasteiger partial charge in [-0.3, -0.25) is 0 Å². The van der Waals surface area contributed by atoms with Crippen LogP contribution in [0.5, 0.6) is 0 Å². The van der Waals surface area contributed by atoms with Crippen LogP contribution >= 0.6 is 0 Å². The fourth-order valence-corrected chi connectivity index (χ4v) is 20.0. The van der Waals surface area contributed by atoms with Crippen molar-refractivity contribution in [1.29, 1.82) is 0 Å². The Morgan fingerprint density at radius 2 is 1.65 bits per heavy atom. The molecule has 0 aliphatic carbocycles. The number of ether oxygens (including phenoxy) is 3. The van der Waals surface area contributed by atoms with Crippen molar-refractivity contribution in [2.24, 2.45) is 0 Å². The maximum atomic E-state index is 11.1. The summed E-state index contributed by atoms with van der Waals surface area (Å²) in [5, 5.41) is 0. The van der Waals surface area contributed by atoms with Crippen molar-refractivity contribution in [2.75, 3.05) is 6.61 Å². The molecule has 1 heterocycles. The third kappa shape index (κ3) is 9.31. The van der Waals surface area contributed by atoms with E-state index in [1.54, 1.807) is 0 Å². The van der Waals surface area contributed by atoms with Crippen LogP contribution in [-0.4, -0.2) is 43.0 Å². The van der Waals surface area contributed by atoms with Gasteiger partial charge in [0.05, 0.1) is 0 Å². The predicted molar refractivity (Wildman–Crippen MR) is 144 cm³/mol. The summed E-state index contributed by atoms with van der Waals surface area (Å²) in [5.41, 5.74) is 0.400. The van der Waals surface area contributed by atoms with Gasteiger partial charge >= 0.3 is 213 Å². The minimum absolute atomic E-state index is 0.199. The average Bonchev–Trinajstić information content (AvgIpc) is 2.87. The quantitative estimate of drug-likeness (QED) is 0.106. The van der Waals surface area contributed by atoms with Crippen LogP contribution in [0.15, 0.2) is 42.7 Å². The molecule has 0 unspecified atom stereocenters. The number of unbranched alkanes of at least 4 members (excludes halogenated alkanes) is 3. The van der Waals surface area contributed by atoms with Crippen LogP contribution in [-0.2, 0) is 19.0 Å². The van der Waals surface area contributed by atoms with E-state index in [1.807, 2.05) is 36.6 Å². The van der Waals surface area contributed by atoms with E-state index < -0.39 is 30.3 Å². The van der Waals surface area contributed by atoms with Gasteiger partial charge in [0.2, 0.25) is 0 Å². The summed E-state index contributed by atoms with van der Waals surface area (Å²) in [5.74, 6) is 0. The van der Waals surface area contributed by atoms with Gasteiger partial charge in [0, 0.05) is 0 Å². The van der Waals surface area contributed by atoms with Crippen LogP contribution in [0.3, 0.4) is 0 Å². The van der Waals surface area contributed by atoms with Crippen LogP contribution in [0.1, 0.15) is 90.9 Å². The van der Waals surface area contributed by atoms with Crippen LogP contribution in [0, 0.1) is 0 Å². The third-order valence-electron chi connectivity index (χ3n) is 7.28. The second-order valence-corrected chi connectivity index (χ2v) is 24.2. The summed E-state index contributed by atoms with van der Waals surface area (Å²) >= 11 is -2.21. The van der Waals surface area contributed by atoms with Crippen molar-refractivity contribution in [3.05, 3.63) is 48.2 Å². The van der Waals surface area contributed by atoms with Gasteiger partial charge < -0.3 is 0 Å². The molecule has 34 heavy (non-hydrogen) atoms. The molecule has 3 atom stereocenters. The van der Waals surface area contributed by atoms with Crippen molar-refractivity contribution in [1.82, 2.24) is 0 Å². The van der Waals surface area contributed by atoms with Gasteiger partial charge in [-0.05, 0) is 0 Å². The molecule has 1 aromatic carbocycles. The van der Waals surface area contributed by atoms with E-state index >= 15 is 0 Å². The topological polar surface area (TPSA) is 44.8 Å². The first-order chi connectivity index (χ1) is 16.5. The molecule has 1 fully saturated rings. The molecule has 1 aliphatic heterocycles. The monoisotopic (exact) mass is 580 g/mol. The molecule has 0 saturated carbocycles. The van der Waals surface area contributed by atoms with Crippen molar-refractivity contribution >= 4 is 24.7 Å². The summed E-state index contributed by atoms with van der Waals surface area (Å²) in [6.45, 7) is 9.45. The Labute approximate surface area is 212 Å². The Hall–Kier alpha value is -0.851. The maximum absolute atomic E-state index is 11.1. The second kappa shape index (κ2) is 16.0. The van der Waals surface area contributed by atoms with Crippen LogP contribution in [0.25, 0.3) is 0 Å². The van der Waals surface area contributed by atoms with Crippen LogP contribution in [0.2, 0.25) is 17.7 Å². The second-order valence-electron chi connectivity index (χ2n) is 10.2. The number of hydrogen-bond donors (Lipinski definition) is 0. The molecule has 0 N–H and O–H groups in total. The number of rotatable bonds is 17. The molecule has 0 spiro atoms. The van der Waals surface area contributed by atoms with Gasteiger partial charge in [-0.2, -0.15) is 0 Å². The molecule has 2 rings (SSSR count). The van der Waals surface area contributed by atoms with E-state index in [-0.39, 0.29) is 6.10 Å². The standard InChI is InChI=1S/C17H21O4.3C4H9.Sn/c1-3-12-20-17(2)13-19-16(14-8-5-4-6-9-14)21-15(17)10-7-11-18;3*1-3-4-2;/h3-6,8-9,11-12,15-16H,1,7,10,13H2,2H3;3*1,3-4H2,2H3;/b12-3-;;;;/t15-,16+,17+;;;;/m1..../s1. The molecular weight excluding hydrogens is 531 g/mol. The first kappa shape index (κ1) is 29.4. The zero-order valence-electron chi connectivity index (χ0n) is 22.1. The molecule has 0 radical (unpaired) electrons. The van der Waals surface area contributed by atoms with Gasteiger partial charge in [-0.25, -0.2) is 0 Å². The number of allylic oxidation sites excluding steroid dienone is 1. The average molecular weight is 579 g/mol. The fraction of sp³-hybridized carbons (Fsp3) is 0.690. The van der Waals surface area contributed by atoms with E-state index in [0.717, 1.165) is 11.8 Å². The number of carbonyl (C=O) groups excluding carboxylic acids is 1. The number of carbonyl (C=O) groups is 1. The van der Waals surface area contributed by atoms with E-state index in [0.29, 0.717) is 19.4 Å². The molecular formula is C29H48O4Sn. The number of aldehydes is 1. The van der Waals surface area contributed by atoms with Crippen molar-refractivity contribution < 1.29 is 19.0 Å². The van der Waals surface area contributed by atoms with E-state index in [4.69, 9.17) is 14.2 Å². The van der Waals surface area contributed by atoms with Crippen LogP contribution < -0.4 is 0 Å². The van der Waals surface area contributed by atoms with Gasteiger partial charge in [-0.1, -0.05) is 0 Å². The predicted octanol–water partition coefficient (Wildman–Crippen LogP) is 8.22. The Balaban J connectivity index is 2.07. The zero-order valence-corrected chi connectivity index (χ0v) is 25.0. The van der Waals surface area contributed by atoms with E-state index in [2.05, 4.69) is 33.8 Å². The SMILES string of the molecule is CCC[CH2][Sn]([CH2]/C=C\O[C@@]1(C)CO[C@H](c2ccccc2)O[C@@H]1CCC=O)([CH2]CCC)[CH2]CCC. The van der Waals surface area contributed by atoms with E-state index in [1.165, 1.54) is 56.3 Å². The molecule has 0 bridgehead atoms. The molecule has 1 saturated heterocycles. The van der Waals surface area contributed by atoms with Crippen molar-refractivity contribution in [3.8, 4) is 0 Å². The molecule has 0 amide bonds. The number of benzene rings is 1. The summed E-state index contributed by atoms with van der Waals surface area (Å²) in [6.07, 6.45) is 13.7. The van der Waals surface area contributed by atoms with Crippen LogP contribution in [0.4, 0.5) is 0 Å². The molecule has 4 nitrogen and oxygen atoms in total. The first-order valence-electron chi connectivity index (χ1n) is 13.6.